The second kappa shape index (κ2) is 8.15. The SMILES string of the molecule is CCCCOc1ccc(C(=O)Nc2ccc(C(=O)O)cc2C)cc1. The molecule has 1 amide bonds. The fraction of sp³-hybridized carbons (Fsp3) is 0.263. The quantitative estimate of drug-likeness (QED) is 0.750. The third-order valence-corrected chi connectivity index (χ3v) is 3.60. The Balaban J connectivity index is 2.03. The lowest BCUT2D eigenvalue weighted by Gasteiger charge is -2.10. The first-order valence-corrected chi connectivity index (χ1v) is 7.89. The van der Waals surface area contributed by atoms with E-state index >= 15 is 0 Å². The van der Waals surface area contributed by atoms with Crippen molar-refractivity contribution >= 4 is 17.6 Å². The molecule has 0 saturated carbocycles. The maximum atomic E-state index is 12.3. The first-order chi connectivity index (χ1) is 11.5. The molecular formula is C19H21NO4. The number of anilines is 1. The van der Waals surface area contributed by atoms with Gasteiger partial charge in [-0.05, 0) is 61.4 Å². The molecule has 126 valence electrons. The number of carbonyl (C=O) groups excluding carboxylic acids is 1. The standard InChI is InChI=1S/C19H21NO4/c1-3-4-11-24-16-8-5-14(6-9-16)18(21)20-17-10-7-15(19(22)23)12-13(17)2/h5-10,12H,3-4,11H2,1-2H3,(H,20,21)(H,22,23). The van der Waals surface area contributed by atoms with Crippen molar-refractivity contribution in [1.82, 2.24) is 0 Å². The summed E-state index contributed by atoms with van der Waals surface area (Å²) in [5.74, 6) is -0.502. The van der Waals surface area contributed by atoms with Crippen LogP contribution in [0.25, 0.3) is 0 Å². The van der Waals surface area contributed by atoms with Gasteiger partial charge in [0, 0.05) is 11.3 Å². The van der Waals surface area contributed by atoms with Gasteiger partial charge in [0.1, 0.15) is 5.75 Å². The van der Waals surface area contributed by atoms with Gasteiger partial charge < -0.3 is 15.2 Å². The maximum Gasteiger partial charge on any atom is 0.335 e. The number of hydrogen-bond donors (Lipinski definition) is 2. The van der Waals surface area contributed by atoms with E-state index in [1.54, 1.807) is 37.3 Å². The van der Waals surface area contributed by atoms with Crippen LogP contribution in [0, 0.1) is 6.92 Å². The van der Waals surface area contributed by atoms with Crippen LogP contribution in [0.3, 0.4) is 0 Å². The van der Waals surface area contributed by atoms with Gasteiger partial charge in [-0.25, -0.2) is 4.79 Å². The van der Waals surface area contributed by atoms with E-state index in [0.29, 0.717) is 23.4 Å². The number of aromatic carboxylic acids is 1. The molecule has 2 N–H and O–H groups in total. The van der Waals surface area contributed by atoms with Crippen molar-refractivity contribution in [3.05, 3.63) is 59.2 Å². The topological polar surface area (TPSA) is 75.6 Å². The van der Waals surface area contributed by atoms with Gasteiger partial charge in [-0.2, -0.15) is 0 Å². The van der Waals surface area contributed by atoms with E-state index in [9.17, 15) is 9.59 Å². The zero-order chi connectivity index (χ0) is 17.5. The minimum Gasteiger partial charge on any atom is -0.494 e. The molecule has 0 aromatic heterocycles. The Morgan fingerprint density at radius 2 is 1.75 bits per heavy atom. The molecule has 0 fully saturated rings. The summed E-state index contributed by atoms with van der Waals surface area (Å²) in [4.78, 5) is 23.2. The van der Waals surface area contributed by atoms with Gasteiger partial charge in [0.15, 0.2) is 0 Å². The molecule has 5 heteroatoms. The lowest BCUT2D eigenvalue weighted by molar-refractivity contribution is 0.0696. The Morgan fingerprint density at radius 3 is 2.33 bits per heavy atom. The fourth-order valence-electron chi connectivity index (χ4n) is 2.17. The summed E-state index contributed by atoms with van der Waals surface area (Å²) in [6.07, 6.45) is 2.06. The highest BCUT2D eigenvalue weighted by Gasteiger charge is 2.10. The second-order valence-corrected chi connectivity index (χ2v) is 5.52. The molecule has 0 aliphatic heterocycles. The zero-order valence-electron chi connectivity index (χ0n) is 13.8. The molecule has 0 atom stereocenters. The van der Waals surface area contributed by atoms with Gasteiger partial charge >= 0.3 is 5.97 Å². The summed E-state index contributed by atoms with van der Waals surface area (Å²) in [5, 5.41) is 11.8. The van der Waals surface area contributed by atoms with Gasteiger partial charge in [-0.3, -0.25) is 4.79 Å². The number of aryl methyl sites for hydroxylation is 1. The van der Waals surface area contributed by atoms with Crippen molar-refractivity contribution in [3.8, 4) is 5.75 Å². The molecule has 0 heterocycles. The number of unbranched alkanes of at least 4 members (excludes halogenated alkanes) is 1. The van der Waals surface area contributed by atoms with Crippen LogP contribution in [-0.2, 0) is 0 Å². The molecule has 0 unspecified atom stereocenters. The Morgan fingerprint density at radius 1 is 1.08 bits per heavy atom. The van der Waals surface area contributed by atoms with Crippen molar-refractivity contribution in [2.45, 2.75) is 26.7 Å². The molecule has 0 spiro atoms. The molecule has 5 nitrogen and oxygen atoms in total. The monoisotopic (exact) mass is 327 g/mol. The van der Waals surface area contributed by atoms with Gasteiger partial charge in [-0.1, -0.05) is 13.3 Å². The molecule has 0 bridgehead atoms. The van der Waals surface area contributed by atoms with Crippen LogP contribution in [0.4, 0.5) is 5.69 Å². The predicted molar refractivity (Wildman–Crippen MR) is 92.9 cm³/mol. The number of carboxylic acids is 1. The molecule has 24 heavy (non-hydrogen) atoms. The Bertz CT molecular complexity index is 723. The van der Waals surface area contributed by atoms with E-state index in [1.807, 2.05) is 0 Å². The highest BCUT2D eigenvalue weighted by Crippen LogP contribution is 2.19. The third kappa shape index (κ3) is 4.59. The Labute approximate surface area is 141 Å². The second-order valence-electron chi connectivity index (χ2n) is 5.52. The number of ether oxygens (including phenoxy) is 1. The molecule has 2 aromatic carbocycles. The predicted octanol–water partition coefficient (Wildman–Crippen LogP) is 4.12. The van der Waals surface area contributed by atoms with E-state index in [-0.39, 0.29) is 11.5 Å². The average Bonchev–Trinajstić information content (AvgIpc) is 2.57. The summed E-state index contributed by atoms with van der Waals surface area (Å²) < 4.78 is 5.57. The minimum absolute atomic E-state index is 0.194. The third-order valence-electron chi connectivity index (χ3n) is 3.60. The van der Waals surface area contributed by atoms with Gasteiger partial charge in [-0.15, -0.1) is 0 Å². The molecule has 0 radical (unpaired) electrons. The number of hydrogen-bond acceptors (Lipinski definition) is 3. The zero-order valence-corrected chi connectivity index (χ0v) is 13.8. The number of benzene rings is 2. The normalized spacial score (nSPS) is 10.2. The van der Waals surface area contributed by atoms with Gasteiger partial charge in [0.25, 0.3) is 5.91 Å². The average molecular weight is 327 g/mol. The lowest BCUT2D eigenvalue weighted by Crippen LogP contribution is -2.13. The molecule has 0 saturated heterocycles. The smallest absolute Gasteiger partial charge is 0.335 e. The van der Waals surface area contributed by atoms with Crippen LogP contribution >= 0.6 is 0 Å². The number of carbonyl (C=O) groups is 2. The van der Waals surface area contributed by atoms with Crippen molar-refractivity contribution in [2.24, 2.45) is 0 Å². The summed E-state index contributed by atoms with van der Waals surface area (Å²) in [5.41, 5.74) is 2.00. The summed E-state index contributed by atoms with van der Waals surface area (Å²) in [7, 11) is 0. The van der Waals surface area contributed by atoms with E-state index in [2.05, 4.69) is 12.2 Å². The molecule has 2 aromatic rings. The molecule has 0 aliphatic rings. The summed E-state index contributed by atoms with van der Waals surface area (Å²) in [6.45, 7) is 4.52. The van der Waals surface area contributed by atoms with Gasteiger partial charge in [0.05, 0.1) is 12.2 Å². The highest BCUT2D eigenvalue weighted by molar-refractivity contribution is 6.05. The van der Waals surface area contributed by atoms with Crippen LogP contribution in [0.15, 0.2) is 42.5 Å². The van der Waals surface area contributed by atoms with E-state index in [4.69, 9.17) is 9.84 Å². The van der Waals surface area contributed by atoms with Crippen molar-refractivity contribution in [2.75, 3.05) is 11.9 Å². The Hall–Kier alpha value is -2.82. The molecular weight excluding hydrogens is 306 g/mol. The minimum atomic E-state index is -0.991. The lowest BCUT2D eigenvalue weighted by atomic mass is 10.1. The Kier molecular flexibility index (Phi) is 5.95. The van der Waals surface area contributed by atoms with Crippen LogP contribution < -0.4 is 10.1 Å². The molecule has 2 rings (SSSR count). The van der Waals surface area contributed by atoms with Crippen molar-refractivity contribution in [1.29, 1.82) is 0 Å². The summed E-state index contributed by atoms with van der Waals surface area (Å²) >= 11 is 0. The number of nitrogens with one attached hydrogen (secondary N) is 1. The van der Waals surface area contributed by atoms with Gasteiger partial charge in [0.2, 0.25) is 0 Å². The number of amides is 1. The van der Waals surface area contributed by atoms with Crippen LogP contribution in [-0.4, -0.2) is 23.6 Å². The van der Waals surface area contributed by atoms with Crippen LogP contribution in [0.5, 0.6) is 5.75 Å². The van der Waals surface area contributed by atoms with E-state index < -0.39 is 5.97 Å². The van der Waals surface area contributed by atoms with Crippen LogP contribution in [0.2, 0.25) is 0 Å². The van der Waals surface area contributed by atoms with E-state index in [0.717, 1.165) is 18.6 Å². The molecule has 0 aliphatic carbocycles. The van der Waals surface area contributed by atoms with Crippen LogP contribution in [0.1, 0.15) is 46.0 Å². The first-order valence-electron chi connectivity index (χ1n) is 7.89. The number of rotatable bonds is 7. The highest BCUT2D eigenvalue weighted by atomic mass is 16.5. The van der Waals surface area contributed by atoms with E-state index in [1.165, 1.54) is 12.1 Å². The first kappa shape index (κ1) is 17.5. The van der Waals surface area contributed by atoms with Crippen molar-refractivity contribution < 1.29 is 19.4 Å². The largest absolute Gasteiger partial charge is 0.494 e. The van der Waals surface area contributed by atoms with Crippen molar-refractivity contribution in [3.63, 3.8) is 0 Å². The maximum absolute atomic E-state index is 12.3. The summed E-state index contributed by atoms with van der Waals surface area (Å²) in [6, 6.07) is 11.5. The number of carboxylic acid groups (broad SMARTS) is 1. The fourth-order valence-corrected chi connectivity index (χ4v) is 2.17.